The molecule has 1 aromatic carbocycles. The van der Waals surface area contributed by atoms with E-state index in [0.29, 0.717) is 0 Å². The minimum atomic E-state index is -3.61. The first-order valence-electron chi connectivity index (χ1n) is 3.76. The average Bonchev–Trinajstić information content (AvgIpc) is 2.16. The summed E-state index contributed by atoms with van der Waals surface area (Å²) in [6, 6.07) is 8.00. The fourth-order valence-electron chi connectivity index (χ4n) is 0.771. The maximum absolute atomic E-state index is 11.3. The molecule has 0 N–H and O–H groups in total. The third-order valence-corrected chi connectivity index (χ3v) is 2.56. The van der Waals surface area contributed by atoms with Gasteiger partial charge in [0, 0.05) is 0 Å². The molecule has 5 heteroatoms. The van der Waals surface area contributed by atoms with Crippen molar-refractivity contribution in [1.29, 1.82) is 0 Å². The zero-order valence-corrected chi connectivity index (χ0v) is 12.1. The van der Waals surface area contributed by atoms with Crippen molar-refractivity contribution in [3.63, 3.8) is 0 Å². The Balaban J connectivity index is 0. The standard InChI is InChI=1S/C9H10O3S.K.H/c1-2-8-12-13(10,11)9-6-4-3-5-7-9;;/h2-8H,1H3;;/q;+1;-1. The maximum atomic E-state index is 11.3. The average molecular weight is 238 g/mol. The van der Waals surface area contributed by atoms with Crippen LogP contribution >= 0.6 is 0 Å². The Kier molecular flexibility index (Phi) is 6.93. The summed E-state index contributed by atoms with van der Waals surface area (Å²) in [4.78, 5) is 0.160. The molecule has 0 atom stereocenters. The molecule has 0 heterocycles. The first kappa shape index (κ1) is 14.3. The summed E-state index contributed by atoms with van der Waals surface area (Å²) in [7, 11) is -3.61. The Bertz CT molecular complexity index is 389. The van der Waals surface area contributed by atoms with Crippen LogP contribution in [-0.4, -0.2) is 8.42 Å². The Morgan fingerprint density at radius 1 is 1.29 bits per heavy atom. The number of rotatable bonds is 3. The Morgan fingerprint density at radius 2 is 1.86 bits per heavy atom. The summed E-state index contributed by atoms with van der Waals surface area (Å²) in [5.41, 5.74) is 0. The molecule has 3 nitrogen and oxygen atoms in total. The number of benzene rings is 1. The predicted octanol–water partition coefficient (Wildman–Crippen LogP) is -0.958. The van der Waals surface area contributed by atoms with E-state index in [0.717, 1.165) is 6.26 Å². The van der Waals surface area contributed by atoms with Gasteiger partial charge in [-0.05, 0) is 19.1 Å². The summed E-state index contributed by atoms with van der Waals surface area (Å²) in [6.45, 7) is 1.68. The molecule has 72 valence electrons. The molecule has 0 unspecified atom stereocenters. The first-order valence-corrected chi connectivity index (χ1v) is 5.17. The van der Waals surface area contributed by atoms with Crippen molar-refractivity contribution in [2.24, 2.45) is 0 Å². The van der Waals surface area contributed by atoms with Crippen molar-refractivity contribution in [2.45, 2.75) is 11.8 Å². The molecule has 1 aromatic rings. The van der Waals surface area contributed by atoms with E-state index >= 15 is 0 Å². The molecule has 14 heavy (non-hydrogen) atoms. The van der Waals surface area contributed by atoms with Gasteiger partial charge in [-0.15, -0.1) is 0 Å². The van der Waals surface area contributed by atoms with E-state index in [1.54, 1.807) is 25.1 Å². The van der Waals surface area contributed by atoms with Crippen LogP contribution < -0.4 is 51.4 Å². The van der Waals surface area contributed by atoms with Gasteiger partial charge in [0.1, 0.15) is 11.2 Å². The summed E-state index contributed by atoms with van der Waals surface area (Å²) in [5.74, 6) is 0. The summed E-state index contributed by atoms with van der Waals surface area (Å²) >= 11 is 0. The SMILES string of the molecule is CC=COS(=O)(=O)c1ccccc1.[H-].[K+]. The van der Waals surface area contributed by atoms with E-state index in [1.807, 2.05) is 0 Å². The van der Waals surface area contributed by atoms with Crippen LogP contribution in [0.2, 0.25) is 0 Å². The second-order valence-corrected chi connectivity index (χ2v) is 3.90. The van der Waals surface area contributed by atoms with Crippen molar-refractivity contribution in [3.8, 4) is 0 Å². The van der Waals surface area contributed by atoms with Crippen LogP contribution in [0.15, 0.2) is 47.6 Å². The summed E-state index contributed by atoms with van der Waals surface area (Å²) < 4.78 is 27.2. The normalized spacial score (nSPS) is 10.9. The molecule has 0 aliphatic heterocycles. The third-order valence-electron chi connectivity index (χ3n) is 1.35. The maximum Gasteiger partial charge on any atom is 1.00 e. The minimum absolute atomic E-state index is 0. The fourth-order valence-corrected chi connectivity index (χ4v) is 1.63. The van der Waals surface area contributed by atoms with Gasteiger partial charge in [-0.25, -0.2) is 0 Å². The monoisotopic (exact) mass is 238 g/mol. The van der Waals surface area contributed by atoms with Gasteiger partial charge in [0.2, 0.25) is 0 Å². The Labute approximate surface area is 128 Å². The van der Waals surface area contributed by atoms with E-state index in [4.69, 9.17) is 0 Å². The van der Waals surface area contributed by atoms with Crippen molar-refractivity contribution in [2.75, 3.05) is 0 Å². The zero-order chi connectivity index (χ0) is 9.73. The van der Waals surface area contributed by atoms with E-state index in [2.05, 4.69) is 4.18 Å². The van der Waals surface area contributed by atoms with Crippen LogP contribution in [0.3, 0.4) is 0 Å². The molecular weight excluding hydrogens is 227 g/mol. The quantitative estimate of drug-likeness (QED) is 0.387. The molecule has 0 fully saturated rings. The van der Waals surface area contributed by atoms with Crippen LogP contribution in [0.1, 0.15) is 8.35 Å². The van der Waals surface area contributed by atoms with Gasteiger partial charge in [-0.2, -0.15) is 8.42 Å². The van der Waals surface area contributed by atoms with Crippen molar-refractivity contribution in [3.05, 3.63) is 42.7 Å². The molecule has 0 aliphatic carbocycles. The van der Waals surface area contributed by atoms with E-state index < -0.39 is 10.1 Å². The van der Waals surface area contributed by atoms with E-state index in [1.165, 1.54) is 18.2 Å². The second-order valence-electron chi connectivity index (χ2n) is 2.33. The molecule has 0 spiro atoms. The van der Waals surface area contributed by atoms with Gasteiger partial charge < -0.3 is 5.61 Å². The number of allylic oxidation sites excluding steroid dienone is 1. The molecule has 0 aromatic heterocycles. The molecule has 0 radical (unpaired) electrons. The van der Waals surface area contributed by atoms with Gasteiger partial charge in [0.15, 0.2) is 0 Å². The second kappa shape index (κ2) is 6.76. The predicted molar refractivity (Wildman–Crippen MR) is 50.6 cm³/mol. The van der Waals surface area contributed by atoms with Gasteiger partial charge in [0.25, 0.3) is 0 Å². The van der Waals surface area contributed by atoms with Crippen molar-refractivity contribution >= 4 is 10.1 Å². The number of hydrogen-bond donors (Lipinski definition) is 0. The molecule has 0 amide bonds. The topological polar surface area (TPSA) is 43.4 Å². The zero-order valence-electron chi connectivity index (χ0n) is 9.17. The molecule has 0 saturated carbocycles. The smallest absolute Gasteiger partial charge is 1.00 e. The van der Waals surface area contributed by atoms with Crippen LogP contribution in [0.25, 0.3) is 0 Å². The van der Waals surface area contributed by atoms with Gasteiger partial charge in [-0.1, -0.05) is 24.3 Å². The third kappa shape index (κ3) is 4.25. The number of hydrogen-bond acceptors (Lipinski definition) is 3. The van der Waals surface area contributed by atoms with Gasteiger partial charge in [0.05, 0.1) is 0 Å². The molecule has 0 bridgehead atoms. The Hall–Kier alpha value is 0.346. The van der Waals surface area contributed by atoms with E-state index in [9.17, 15) is 8.42 Å². The molecule has 0 saturated heterocycles. The van der Waals surface area contributed by atoms with Gasteiger partial charge >= 0.3 is 61.5 Å². The van der Waals surface area contributed by atoms with Crippen molar-refractivity contribution < 1.29 is 65.4 Å². The van der Waals surface area contributed by atoms with Crippen LogP contribution in [0, 0.1) is 0 Å². The minimum Gasteiger partial charge on any atom is -1.00 e. The molecule has 0 aliphatic rings. The van der Waals surface area contributed by atoms with Gasteiger partial charge in [-0.3, -0.25) is 0 Å². The summed E-state index contributed by atoms with van der Waals surface area (Å²) in [6.07, 6.45) is 2.66. The first-order chi connectivity index (χ1) is 6.17. The van der Waals surface area contributed by atoms with Crippen molar-refractivity contribution in [1.82, 2.24) is 0 Å². The summed E-state index contributed by atoms with van der Waals surface area (Å²) in [5, 5.41) is 0. The fraction of sp³-hybridized carbons (Fsp3) is 0.111. The van der Waals surface area contributed by atoms with Crippen LogP contribution in [0.4, 0.5) is 0 Å². The van der Waals surface area contributed by atoms with E-state index in [-0.39, 0.29) is 57.7 Å². The molecular formula is C9H11KO3S. The Morgan fingerprint density at radius 3 is 2.36 bits per heavy atom. The molecule has 1 rings (SSSR count). The van der Waals surface area contributed by atoms with Crippen LogP contribution in [-0.2, 0) is 14.3 Å². The largest absolute Gasteiger partial charge is 1.00 e. The van der Waals surface area contributed by atoms with Crippen LogP contribution in [0.5, 0.6) is 0 Å².